The van der Waals surface area contributed by atoms with E-state index in [4.69, 9.17) is 5.73 Å². The van der Waals surface area contributed by atoms with Crippen LogP contribution in [0.15, 0.2) is 78.5 Å². The summed E-state index contributed by atoms with van der Waals surface area (Å²) in [5.41, 5.74) is 10.5. The number of rotatable bonds is 3. The predicted molar refractivity (Wildman–Crippen MR) is 96.4 cm³/mol. The average Bonchev–Trinajstić information content (AvgIpc) is 3.39. The van der Waals surface area contributed by atoms with Crippen molar-refractivity contribution in [2.24, 2.45) is 11.7 Å². The van der Waals surface area contributed by atoms with Crippen molar-refractivity contribution in [1.82, 2.24) is 0 Å². The van der Waals surface area contributed by atoms with Crippen molar-refractivity contribution in [3.8, 4) is 11.1 Å². The molecule has 1 nitrogen and oxygen atoms in total. The molecule has 22 heavy (non-hydrogen) atoms. The summed E-state index contributed by atoms with van der Waals surface area (Å²) in [5.74, 6) is 0.829. The van der Waals surface area contributed by atoms with Crippen LogP contribution in [0.2, 0.25) is 0 Å². The standard InChI is InChI=1S/C13H12.C8H13N/c1-11-6-5-9-13(10-11)12-7-3-2-4-8-12;1-2-7(5-6-9)8-3-4-8/h2-10H,1H3;2,5-6,8H,3-4,9H2,1H3/b;6-5-,7-2+. The van der Waals surface area contributed by atoms with Crippen LogP contribution in [0, 0.1) is 12.8 Å². The Morgan fingerprint density at radius 3 is 2.23 bits per heavy atom. The van der Waals surface area contributed by atoms with Crippen LogP contribution in [0.5, 0.6) is 0 Å². The lowest BCUT2D eigenvalue weighted by atomic mass is 10.0. The maximum Gasteiger partial charge on any atom is -0.00596 e. The molecule has 0 bridgehead atoms. The van der Waals surface area contributed by atoms with Gasteiger partial charge in [-0.2, -0.15) is 0 Å². The smallest absolute Gasteiger partial charge is 0.00596 e. The van der Waals surface area contributed by atoms with E-state index in [0.29, 0.717) is 0 Å². The minimum atomic E-state index is 0.829. The van der Waals surface area contributed by atoms with Gasteiger partial charge in [-0.1, -0.05) is 66.2 Å². The molecule has 0 atom stereocenters. The van der Waals surface area contributed by atoms with Crippen molar-refractivity contribution in [3.63, 3.8) is 0 Å². The normalized spacial score (nSPS) is 14.5. The highest BCUT2D eigenvalue weighted by molar-refractivity contribution is 5.63. The molecule has 0 unspecified atom stereocenters. The second-order valence-corrected chi connectivity index (χ2v) is 5.66. The molecule has 0 aromatic heterocycles. The summed E-state index contributed by atoms with van der Waals surface area (Å²) in [4.78, 5) is 0. The van der Waals surface area contributed by atoms with Gasteiger partial charge in [0.2, 0.25) is 0 Å². The maximum absolute atomic E-state index is 5.25. The summed E-state index contributed by atoms with van der Waals surface area (Å²) in [5, 5.41) is 0. The lowest BCUT2D eigenvalue weighted by Crippen LogP contribution is -1.82. The third-order valence-corrected chi connectivity index (χ3v) is 3.80. The highest BCUT2D eigenvalue weighted by Crippen LogP contribution is 2.36. The van der Waals surface area contributed by atoms with E-state index in [1.165, 1.54) is 35.1 Å². The third-order valence-electron chi connectivity index (χ3n) is 3.80. The Balaban J connectivity index is 0.000000172. The Labute approximate surface area is 134 Å². The van der Waals surface area contributed by atoms with Gasteiger partial charge in [-0.3, -0.25) is 0 Å². The summed E-state index contributed by atoms with van der Waals surface area (Å²) in [7, 11) is 0. The lowest BCUT2D eigenvalue weighted by Gasteiger charge is -2.01. The van der Waals surface area contributed by atoms with E-state index in [1.54, 1.807) is 6.20 Å². The Hall–Kier alpha value is -2.28. The molecular weight excluding hydrogens is 266 g/mol. The number of aryl methyl sites for hydroxylation is 1. The molecule has 2 aromatic carbocycles. The van der Waals surface area contributed by atoms with Crippen LogP contribution in [-0.4, -0.2) is 0 Å². The van der Waals surface area contributed by atoms with Gasteiger partial charge in [0, 0.05) is 0 Å². The first-order valence-electron chi connectivity index (χ1n) is 7.91. The van der Waals surface area contributed by atoms with Gasteiger partial charge in [0.25, 0.3) is 0 Å². The molecule has 0 spiro atoms. The zero-order valence-electron chi connectivity index (χ0n) is 13.5. The van der Waals surface area contributed by atoms with E-state index in [0.717, 1.165) is 5.92 Å². The molecule has 0 radical (unpaired) electrons. The van der Waals surface area contributed by atoms with E-state index in [2.05, 4.69) is 68.5 Å². The van der Waals surface area contributed by atoms with Crippen molar-refractivity contribution in [1.29, 1.82) is 0 Å². The highest BCUT2D eigenvalue weighted by atomic mass is 14.5. The van der Waals surface area contributed by atoms with E-state index < -0.39 is 0 Å². The van der Waals surface area contributed by atoms with Gasteiger partial charge < -0.3 is 5.73 Å². The van der Waals surface area contributed by atoms with Crippen molar-refractivity contribution in [3.05, 3.63) is 84.1 Å². The molecule has 0 saturated heterocycles. The summed E-state index contributed by atoms with van der Waals surface area (Å²) in [6.07, 6.45) is 8.46. The van der Waals surface area contributed by atoms with Crippen LogP contribution >= 0.6 is 0 Å². The Morgan fingerprint density at radius 1 is 1.00 bits per heavy atom. The van der Waals surface area contributed by atoms with Gasteiger partial charge in [-0.25, -0.2) is 0 Å². The van der Waals surface area contributed by atoms with Gasteiger partial charge in [-0.05, 0) is 61.6 Å². The van der Waals surface area contributed by atoms with Crippen LogP contribution in [0.4, 0.5) is 0 Å². The van der Waals surface area contributed by atoms with E-state index in [9.17, 15) is 0 Å². The average molecular weight is 291 g/mol. The maximum atomic E-state index is 5.25. The Bertz CT molecular complexity index is 634. The van der Waals surface area contributed by atoms with Gasteiger partial charge in [0.15, 0.2) is 0 Å². The Morgan fingerprint density at radius 2 is 1.68 bits per heavy atom. The zero-order chi connectivity index (χ0) is 15.8. The number of benzene rings is 2. The van der Waals surface area contributed by atoms with Crippen LogP contribution < -0.4 is 5.73 Å². The summed E-state index contributed by atoms with van der Waals surface area (Å²) in [6, 6.07) is 19.0. The van der Waals surface area contributed by atoms with Gasteiger partial charge in [-0.15, -0.1) is 0 Å². The first-order valence-corrected chi connectivity index (χ1v) is 7.91. The van der Waals surface area contributed by atoms with Crippen LogP contribution in [0.3, 0.4) is 0 Å². The van der Waals surface area contributed by atoms with Crippen LogP contribution in [0.1, 0.15) is 25.3 Å². The minimum absolute atomic E-state index is 0.829. The lowest BCUT2D eigenvalue weighted by molar-refractivity contribution is 1.04. The minimum Gasteiger partial charge on any atom is -0.405 e. The van der Waals surface area contributed by atoms with Crippen molar-refractivity contribution in [2.45, 2.75) is 26.7 Å². The molecule has 1 fully saturated rings. The molecule has 0 amide bonds. The first kappa shape index (κ1) is 16.1. The quantitative estimate of drug-likeness (QED) is 0.745. The molecule has 2 N–H and O–H groups in total. The van der Waals surface area contributed by atoms with E-state index in [-0.39, 0.29) is 0 Å². The predicted octanol–water partition coefficient (Wildman–Crippen LogP) is 5.48. The molecule has 0 heterocycles. The van der Waals surface area contributed by atoms with Gasteiger partial charge >= 0.3 is 0 Å². The summed E-state index contributed by atoms with van der Waals surface area (Å²) in [6.45, 7) is 4.18. The molecule has 1 aliphatic rings. The monoisotopic (exact) mass is 291 g/mol. The summed E-state index contributed by atoms with van der Waals surface area (Å²) >= 11 is 0. The number of allylic oxidation sites excluding steroid dienone is 3. The first-order chi connectivity index (χ1) is 10.7. The number of hydrogen-bond donors (Lipinski definition) is 1. The summed E-state index contributed by atoms with van der Waals surface area (Å²) < 4.78 is 0. The topological polar surface area (TPSA) is 26.0 Å². The van der Waals surface area contributed by atoms with E-state index in [1.807, 2.05) is 12.1 Å². The second kappa shape index (κ2) is 8.23. The van der Waals surface area contributed by atoms with Crippen molar-refractivity contribution in [2.75, 3.05) is 0 Å². The Kier molecular flexibility index (Phi) is 6.02. The molecule has 114 valence electrons. The molecule has 1 saturated carbocycles. The fraction of sp³-hybridized carbons (Fsp3) is 0.238. The van der Waals surface area contributed by atoms with Gasteiger partial charge in [0.1, 0.15) is 0 Å². The van der Waals surface area contributed by atoms with Crippen LogP contribution in [-0.2, 0) is 0 Å². The molecule has 1 aliphatic carbocycles. The zero-order valence-corrected chi connectivity index (χ0v) is 13.5. The van der Waals surface area contributed by atoms with E-state index >= 15 is 0 Å². The fourth-order valence-corrected chi connectivity index (χ4v) is 2.45. The largest absolute Gasteiger partial charge is 0.405 e. The molecule has 0 aliphatic heterocycles. The number of nitrogens with two attached hydrogens (primary N) is 1. The van der Waals surface area contributed by atoms with Gasteiger partial charge in [0.05, 0.1) is 0 Å². The SMILES string of the molecule is C/C=C(\C=C/N)C1CC1.Cc1cccc(-c2ccccc2)c1. The van der Waals surface area contributed by atoms with Crippen molar-refractivity contribution < 1.29 is 0 Å². The number of hydrogen-bond acceptors (Lipinski definition) is 1. The highest BCUT2D eigenvalue weighted by Gasteiger charge is 2.23. The molecule has 3 rings (SSSR count). The molecule has 1 heteroatoms. The molecular formula is C21H25N. The third kappa shape index (κ3) is 4.92. The fourth-order valence-electron chi connectivity index (χ4n) is 2.45. The van der Waals surface area contributed by atoms with Crippen molar-refractivity contribution >= 4 is 0 Å². The second-order valence-electron chi connectivity index (χ2n) is 5.66. The van der Waals surface area contributed by atoms with Crippen LogP contribution in [0.25, 0.3) is 11.1 Å². The molecule has 2 aromatic rings.